The lowest BCUT2D eigenvalue weighted by Crippen LogP contribution is -2.40. The van der Waals surface area contributed by atoms with Gasteiger partial charge in [-0.05, 0) is 43.2 Å². The maximum absolute atomic E-state index is 12.7. The molecule has 2 aliphatic heterocycles. The van der Waals surface area contributed by atoms with Crippen LogP contribution in [-0.2, 0) is 4.79 Å². The van der Waals surface area contributed by atoms with E-state index in [0.717, 1.165) is 31.6 Å². The Bertz CT molecular complexity index is 790. The minimum Gasteiger partial charge on any atom is -0.485 e. The first kappa shape index (κ1) is 16.1. The number of nitrogens with zero attached hydrogens (tertiary/aromatic N) is 1. The predicted molar refractivity (Wildman–Crippen MR) is 97.9 cm³/mol. The summed E-state index contributed by atoms with van der Waals surface area (Å²) in [5.41, 5.74) is 1.70. The van der Waals surface area contributed by atoms with E-state index in [1.165, 1.54) is 0 Å². The predicted octanol–water partition coefficient (Wildman–Crippen LogP) is 3.72. The highest BCUT2D eigenvalue weighted by atomic mass is 35.5. The minimum absolute atomic E-state index is 0.183. The van der Waals surface area contributed by atoms with Gasteiger partial charge in [0.2, 0.25) is 6.10 Å². The van der Waals surface area contributed by atoms with Crippen molar-refractivity contribution in [2.45, 2.75) is 18.9 Å². The standard InChI is InChI=1S/C19H19ClN2O3/c20-13-7-8-15(22-9-3-4-10-22)14(11-13)21-19(23)18-12-24-16-5-1-2-6-17(16)25-18/h1-2,5-8,11,18H,3-4,9-10,12H2,(H,21,23)/t18-/m1/s1. The SMILES string of the molecule is O=C(Nc1cc(Cl)ccc1N1CCCC1)[C@H]1COc2ccccc2O1. The minimum atomic E-state index is -0.694. The Balaban J connectivity index is 1.52. The number of carbonyl (C=O) groups excluding carboxylic acids is 1. The number of hydrogen-bond donors (Lipinski definition) is 1. The summed E-state index contributed by atoms with van der Waals surface area (Å²) < 4.78 is 11.4. The molecule has 2 aromatic rings. The molecule has 1 amide bonds. The Hall–Kier alpha value is -2.40. The van der Waals surface area contributed by atoms with Crippen molar-refractivity contribution in [2.75, 3.05) is 29.9 Å². The maximum atomic E-state index is 12.7. The summed E-state index contributed by atoms with van der Waals surface area (Å²) in [7, 11) is 0. The molecule has 0 bridgehead atoms. The number of ether oxygens (including phenoxy) is 2. The number of hydrogen-bond acceptors (Lipinski definition) is 4. The van der Waals surface area contributed by atoms with Crippen LogP contribution in [0.1, 0.15) is 12.8 Å². The molecule has 25 heavy (non-hydrogen) atoms. The Morgan fingerprint density at radius 1 is 1.12 bits per heavy atom. The van der Waals surface area contributed by atoms with E-state index in [2.05, 4.69) is 10.2 Å². The molecular weight excluding hydrogens is 340 g/mol. The van der Waals surface area contributed by atoms with E-state index < -0.39 is 6.10 Å². The first-order valence-electron chi connectivity index (χ1n) is 8.44. The third-order valence-corrected chi connectivity index (χ3v) is 4.70. The van der Waals surface area contributed by atoms with Crippen molar-refractivity contribution in [1.82, 2.24) is 0 Å². The number of carbonyl (C=O) groups is 1. The molecule has 0 radical (unpaired) electrons. The summed E-state index contributed by atoms with van der Waals surface area (Å²) in [6.07, 6.45) is 1.62. The second-order valence-electron chi connectivity index (χ2n) is 6.21. The molecular formula is C19H19ClN2O3. The zero-order chi connectivity index (χ0) is 17.2. The molecule has 1 fully saturated rings. The van der Waals surface area contributed by atoms with Crippen LogP contribution in [0.2, 0.25) is 5.02 Å². The molecule has 1 saturated heterocycles. The molecule has 0 saturated carbocycles. The van der Waals surface area contributed by atoms with Crippen LogP contribution >= 0.6 is 11.6 Å². The Morgan fingerprint density at radius 3 is 2.68 bits per heavy atom. The van der Waals surface area contributed by atoms with Gasteiger partial charge in [0, 0.05) is 18.1 Å². The second-order valence-corrected chi connectivity index (χ2v) is 6.65. The summed E-state index contributed by atoms with van der Waals surface area (Å²) in [6, 6.07) is 12.9. The van der Waals surface area contributed by atoms with Gasteiger partial charge in [0.25, 0.3) is 5.91 Å². The lowest BCUT2D eigenvalue weighted by atomic mass is 10.2. The lowest BCUT2D eigenvalue weighted by Gasteiger charge is -2.27. The van der Waals surface area contributed by atoms with Crippen LogP contribution in [0.5, 0.6) is 11.5 Å². The van der Waals surface area contributed by atoms with Crippen LogP contribution < -0.4 is 19.7 Å². The Morgan fingerprint density at radius 2 is 1.88 bits per heavy atom. The second kappa shape index (κ2) is 6.84. The van der Waals surface area contributed by atoms with Crippen LogP contribution in [0.4, 0.5) is 11.4 Å². The fourth-order valence-electron chi connectivity index (χ4n) is 3.20. The van der Waals surface area contributed by atoms with E-state index in [0.29, 0.717) is 22.2 Å². The molecule has 5 nitrogen and oxygen atoms in total. The van der Waals surface area contributed by atoms with Crippen molar-refractivity contribution in [2.24, 2.45) is 0 Å². The maximum Gasteiger partial charge on any atom is 0.269 e. The van der Waals surface area contributed by atoms with Crippen LogP contribution in [0.15, 0.2) is 42.5 Å². The molecule has 0 spiro atoms. The first-order valence-corrected chi connectivity index (χ1v) is 8.82. The van der Waals surface area contributed by atoms with E-state index in [1.54, 1.807) is 12.1 Å². The van der Waals surface area contributed by atoms with E-state index in [9.17, 15) is 4.79 Å². The summed E-state index contributed by atoms with van der Waals surface area (Å²) in [6.45, 7) is 2.16. The van der Waals surface area contributed by atoms with Crippen molar-refractivity contribution >= 4 is 28.9 Å². The fourth-order valence-corrected chi connectivity index (χ4v) is 3.38. The summed E-state index contributed by atoms with van der Waals surface area (Å²) in [5, 5.41) is 3.55. The summed E-state index contributed by atoms with van der Waals surface area (Å²) >= 11 is 6.13. The number of rotatable bonds is 3. The molecule has 1 N–H and O–H groups in total. The van der Waals surface area contributed by atoms with Crippen molar-refractivity contribution in [1.29, 1.82) is 0 Å². The zero-order valence-electron chi connectivity index (χ0n) is 13.7. The van der Waals surface area contributed by atoms with Gasteiger partial charge in [-0.3, -0.25) is 4.79 Å². The lowest BCUT2D eigenvalue weighted by molar-refractivity contribution is -0.125. The normalized spacial score (nSPS) is 18.9. The van der Waals surface area contributed by atoms with Gasteiger partial charge in [-0.15, -0.1) is 0 Å². The van der Waals surface area contributed by atoms with Gasteiger partial charge in [0.15, 0.2) is 11.5 Å². The number of nitrogens with one attached hydrogen (secondary N) is 1. The smallest absolute Gasteiger partial charge is 0.269 e. The molecule has 1 atom stereocenters. The monoisotopic (exact) mass is 358 g/mol. The van der Waals surface area contributed by atoms with E-state index in [-0.39, 0.29) is 12.5 Å². The molecule has 0 aliphatic carbocycles. The highest BCUT2D eigenvalue weighted by Gasteiger charge is 2.28. The molecule has 0 aromatic heterocycles. The van der Waals surface area contributed by atoms with E-state index >= 15 is 0 Å². The van der Waals surface area contributed by atoms with Crippen LogP contribution in [0.25, 0.3) is 0 Å². The number of amides is 1. The van der Waals surface area contributed by atoms with Gasteiger partial charge < -0.3 is 19.7 Å². The number of para-hydroxylation sites is 2. The molecule has 4 rings (SSSR count). The van der Waals surface area contributed by atoms with Gasteiger partial charge in [-0.1, -0.05) is 23.7 Å². The topological polar surface area (TPSA) is 50.8 Å². The van der Waals surface area contributed by atoms with Crippen LogP contribution in [0, 0.1) is 0 Å². The average molecular weight is 359 g/mol. The number of benzene rings is 2. The molecule has 0 unspecified atom stereocenters. The van der Waals surface area contributed by atoms with Gasteiger partial charge >= 0.3 is 0 Å². The van der Waals surface area contributed by atoms with E-state index in [1.807, 2.05) is 30.3 Å². The number of anilines is 2. The third kappa shape index (κ3) is 3.37. The highest BCUT2D eigenvalue weighted by Crippen LogP contribution is 2.33. The molecule has 2 aromatic carbocycles. The highest BCUT2D eigenvalue weighted by molar-refractivity contribution is 6.31. The van der Waals surface area contributed by atoms with Gasteiger partial charge in [-0.2, -0.15) is 0 Å². The van der Waals surface area contributed by atoms with Crippen molar-refractivity contribution < 1.29 is 14.3 Å². The summed E-state index contributed by atoms with van der Waals surface area (Å²) in [5.74, 6) is 1.00. The van der Waals surface area contributed by atoms with E-state index in [4.69, 9.17) is 21.1 Å². The fraction of sp³-hybridized carbons (Fsp3) is 0.316. The molecule has 130 valence electrons. The van der Waals surface area contributed by atoms with Crippen molar-refractivity contribution in [3.63, 3.8) is 0 Å². The molecule has 2 aliphatic rings. The molecule has 6 heteroatoms. The molecule has 2 heterocycles. The summed E-state index contributed by atoms with van der Waals surface area (Å²) in [4.78, 5) is 14.9. The van der Waals surface area contributed by atoms with Crippen molar-refractivity contribution in [3.8, 4) is 11.5 Å². The van der Waals surface area contributed by atoms with Gasteiger partial charge in [-0.25, -0.2) is 0 Å². The quantitative estimate of drug-likeness (QED) is 0.908. The third-order valence-electron chi connectivity index (χ3n) is 4.46. The average Bonchev–Trinajstić information content (AvgIpc) is 3.16. The Kier molecular flexibility index (Phi) is 4.40. The first-order chi connectivity index (χ1) is 12.2. The van der Waals surface area contributed by atoms with Crippen LogP contribution in [-0.4, -0.2) is 31.7 Å². The van der Waals surface area contributed by atoms with Gasteiger partial charge in [0.1, 0.15) is 6.61 Å². The largest absolute Gasteiger partial charge is 0.485 e. The zero-order valence-corrected chi connectivity index (χ0v) is 14.5. The van der Waals surface area contributed by atoms with Crippen molar-refractivity contribution in [3.05, 3.63) is 47.5 Å². The number of fused-ring (bicyclic) bond motifs is 1. The van der Waals surface area contributed by atoms with Crippen LogP contribution in [0.3, 0.4) is 0 Å². The Labute approximate surface area is 151 Å². The van der Waals surface area contributed by atoms with Gasteiger partial charge in [0.05, 0.1) is 11.4 Å². The number of halogens is 1.